The van der Waals surface area contributed by atoms with Gasteiger partial charge in [0.2, 0.25) is 0 Å². The summed E-state index contributed by atoms with van der Waals surface area (Å²) in [6, 6.07) is 0. The van der Waals surface area contributed by atoms with E-state index < -0.39 is 0 Å². The molecule has 2 rings (SSSR count). The monoisotopic (exact) mass is 275 g/mol. The molecule has 1 aliphatic carbocycles. The molecule has 1 fully saturated rings. The number of nitrogens with zero attached hydrogens (tertiary/aromatic N) is 2. The molecule has 0 bridgehead atoms. The van der Waals surface area contributed by atoms with Crippen LogP contribution in [0.3, 0.4) is 0 Å². The molecule has 1 aromatic rings. The van der Waals surface area contributed by atoms with Crippen LogP contribution >= 0.6 is 0 Å². The van der Waals surface area contributed by atoms with Gasteiger partial charge in [-0.2, -0.15) is 0 Å². The van der Waals surface area contributed by atoms with Crippen molar-refractivity contribution in [1.29, 1.82) is 0 Å². The molecular weight excluding hydrogens is 246 g/mol. The zero-order valence-electron chi connectivity index (χ0n) is 13.7. The van der Waals surface area contributed by atoms with Gasteiger partial charge in [-0.15, -0.1) is 0 Å². The number of aromatic nitrogens is 2. The maximum Gasteiger partial charge on any atom is 0.134 e. The summed E-state index contributed by atoms with van der Waals surface area (Å²) in [6.07, 6.45) is 5.88. The second-order valence-electron chi connectivity index (χ2n) is 7.30. The summed E-state index contributed by atoms with van der Waals surface area (Å²) < 4.78 is 0. The molecule has 112 valence electrons. The van der Waals surface area contributed by atoms with Gasteiger partial charge >= 0.3 is 0 Å². The summed E-state index contributed by atoms with van der Waals surface area (Å²) in [5.41, 5.74) is 8.68. The molecular formula is C17H29N3. The first-order chi connectivity index (χ1) is 9.32. The molecule has 0 radical (unpaired) electrons. The Morgan fingerprint density at radius 3 is 2.15 bits per heavy atom. The van der Waals surface area contributed by atoms with Gasteiger partial charge in [-0.3, -0.25) is 0 Å². The Morgan fingerprint density at radius 2 is 1.70 bits per heavy atom. The third-order valence-corrected chi connectivity index (χ3v) is 4.93. The van der Waals surface area contributed by atoms with Crippen molar-refractivity contribution < 1.29 is 0 Å². The van der Waals surface area contributed by atoms with Crippen molar-refractivity contribution in [2.24, 2.45) is 11.3 Å². The number of anilines is 1. The Balaban J connectivity index is 2.11. The molecule has 0 atom stereocenters. The maximum absolute atomic E-state index is 6.08. The van der Waals surface area contributed by atoms with Gasteiger partial charge < -0.3 is 5.73 Å². The van der Waals surface area contributed by atoms with E-state index in [1.807, 2.05) is 0 Å². The van der Waals surface area contributed by atoms with Gasteiger partial charge in [0.05, 0.1) is 0 Å². The van der Waals surface area contributed by atoms with Crippen molar-refractivity contribution in [1.82, 2.24) is 9.97 Å². The average molecular weight is 275 g/mol. The predicted molar refractivity (Wildman–Crippen MR) is 84.7 cm³/mol. The quantitative estimate of drug-likeness (QED) is 0.878. The zero-order valence-corrected chi connectivity index (χ0v) is 13.7. The molecule has 1 heterocycles. The molecule has 3 nitrogen and oxygen atoms in total. The number of nitrogen functional groups attached to an aromatic ring is 1. The highest BCUT2D eigenvalue weighted by Gasteiger charge is 2.31. The SMILES string of the molecule is CCc1c(C)nc(C2CCC(C(C)(C)C)CC2)nc1N. The van der Waals surface area contributed by atoms with Gasteiger partial charge in [-0.05, 0) is 50.4 Å². The van der Waals surface area contributed by atoms with E-state index in [1.54, 1.807) is 0 Å². The van der Waals surface area contributed by atoms with Crippen LogP contribution in [0.5, 0.6) is 0 Å². The zero-order chi connectivity index (χ0) is 14.9. The van der Waals surface area contributed by atoms with E-state index in [0.29, 0.717) is 17.2 Å². The molecule has 3 heteroatoms. The predicted octanol–water partition coefficient (Wildman–Crippen LogP) is 4.25. The van der Waals surface area contributed by atoms with E-state index in [-0.39, 0.29) is 0 Å². The van der Waals surface area contributed by atoms with E-state index in [4.69, 9.17) is 10.7 Å². The highest BCUT2D eigenvalue weighted by molar-refractivity contribution is 5.42. The number of hydrogen-bond acceptors (Lipinski definition) is 3. The van der Waals surface area contributed by atoms with Crippen molar-refractivity contribution in [3.05, 3.63) is 17.1 Å². The van der Waals surface area contributed by atoms with Gasteiger partial charge in [0, 0.05) is 17.2 Å². The third-order valence-electron chi connectivity index (χ3n) is 4.93. The van der Waals surface area contributed by atoms with Gasteiger partial charge in [0.15, 0.2) is 0 Å². The van der Waals surface area contributed by atoms with Crippen LogP contribution in [0.1, 0.15) is 76.4 Å². The second-order valence-corrected chi connectivity index (χ2v) is 7.30. The normalized spacial score (nSPS) is 23.9. The largest absolute Gasteiger partial charge is 0.383 e. The summed E-state index contributed by atoms with van der Waals surface area (Å²) in [5, 5.41) is 0. The van der Waals surface area contributed by atoms with Crippen LogP contribution < -0.4 is 5.73 Å². The fraction of sp³-hybridized carbons (Fsp3) is 0.765. The van der Waals surface area contributed by atoms with Crippen molar-refractivity contribution in [3.63, 3.8) is 0 Å². The molecule has 20 heavy (non-hydrogen) atoms. The van der Waals surface area contributed by atoms with E-state index >= 15 is 0 Å². The lowest BCUT2D eigenvalue weighted by Gasteiger charge is -2.36. The van der Waals surface area contributed by atoms with Crippen LogP contribution in [-0.4, -0.2) is 9.97 Å². The third kappa shape index (κ3) is 3.13. The molecule has 0 unspecified atom stereocenters. The fourth-order valence-corrected chi connectivity index (χ4v) is 3.48. The molecule has 0 saturated heterocycles. The number of hydrogen-bond donors (Lipinski definition) is 1. The molecule has 0 spiro atoms. The summed E-state index contributed by atoms with van der Waals surface area (Å²) in [6.45, 7) is 11.2. The topological polar surface area (TPSA) is 51.8 Å². The van der Waals surface area contributed by atoms with Crippen molar-refractivity contribution >= 4 is 5.82 Å². The highest BCUT2D eigenvalue weighted by atomic mass is 15.0. The van der Waals surface area contributed by atoms with Crippen molar-refractivity contribution in [3.8, 4) is 0 Å². The minimum Gasteiger partial charge on any atom is -0.383 e. The summed E-state index contributed by atoms with van der Waals surface area (Å²) >= 11 is 0. The standard InChI is InChI=1S/C17H29N3/c1-6-14-11(2)19-16(20-15(14)18)12-7-9-13(10-8-12)17(3,4)5/h12-13H,6-10H2,1-5H3,(H2,18,19,20). The highest BCUT2D eigenvalue weighted by Crippen LogP contribution is 2.42. The smallest absolute Gasteiger partial charge is 0.134 e. The molecule has 0 amide bonds. The minimum atomic E-state index is 0.423. The summed E-state index contributed by atoms with van der Waals surface area (Å²) in [7, 11) is 0. The van der Waals surface area contributed by atoms with E-state index in [2.05, 4.69) is 39.6 Å². The van der Waals surface area contributed by atoms with E-state index in [1.165, 1.54) is 25.7 Å². The number of aryl methyl sites for hydroxylation is 1. The first-order valence-corrected chi connectivity index (χ1v) is 7.95. The van der Waals surface area contributed by atoms with Gasteiger partial charge in [-0.25, -0.2) is 9.97 Å². The maximum atomic E-state index is 6.08. The van der Waals surface area contributed by atoms with Crippen molar-refractivity contribution in [2.75, 3.05) is 5.73 Å². The van der Waals surface area contributed by atoms with Crippen LogP contribution in [0.15, 0.2) is 0 Å². The lowest BCUT2D eigenvalue weighted by atomic mass is 9.69. The summed E-state index contributed by atoms with van der Waals surface area (Å²) in [5.74, 6) is 2.99. The molecule has 2 N–H and O–H groups in total. The van der Waals surface area contributed by atoms with Gasteiger partial charge in [-0.1, -0.05) is 27.7 Å². The van der Waals surface area contributed by atoms with Crippen LogP contribution in [0.2, 0.25) is 0 Å². The number of rotatable bonds is 2. The van der Waals surface area contributed by atoms with Crippen molar-refractivity contribution in [2.45, 2.75) is 72.6 Å². The first kappa shape index (κ1) is 15.3. The second kappa shape index (κ2) is 5.71. The average Bonchev–Trinajstić information content (AvgIpc) is 2.37. The van der Waals surface area contributed by atoms with Crippen LogP contribution in [0.4, 0.5) is 5.82 Å². The lowest BCUT2D eigenvalue weighted by Crippen LogP contribution is -2.26. The summed E-state index contributed by atoms with van der Waals surface area (Å²) in [4.78, 5) is 9.31. The van der Waals surface area contributed by atoms with Crippen LogP contribution in [0.25, 0.3) is 0 Å². The first-order valence-electron chi connectivity index (χ1n) is 7.95. The van der Waals surface area contributed by atoms with E-state index in [9.17, 15) is 0 Å². The Hall–Kier alpha value is -1.12. The molecule has 1 saturated carbocycles. The van der Waals surface area contributed by atoms with Crippen LogP contribution in [0, 0.1) is 18.3 Å². The Morgan fingerprint density at radius 1 is 1.10 bits per heavy atom. The molecule has 1 aromatic heterocycles. The van der Waals surface area contributed by atoms with Gasteiger partial charge in [0.1, 0.15) is 11.6 Å². The number of nitrogens with two attached hydrogens (primary N) is 1. The lowest BCUT2D eigenvalue weighted by molar-refractivity contribution is 0.167. The Labute approximate surface area is 123 Å². The van der Waals surface area contributed by atoms with E-state index in [0.717, 1.165) is 29.4 Å². The molecule has 0 aromatic carbocycles. The Bertz CT molecular complexity index is 443. The van der Waals surface area contributed by atoms with Crippen LogP contribution in [-0.2, 0) is 6.42 Å². The molecule has 0 aliphatic heterocycles. The fourth-order valence-electron chi connectivity index (χ4n) is 3.48. The molecule has 1 aliphatic rings. The minimum absolute atomic E-state index is 0.423. The Kier molecular flexibility index (Phi) is 4.36. The van der Waals surface area contributed by atoms with Gasteiger partial charge in [0.25, 0.3) is 0 Å².